The molecule has 154 valence electrons. The number of aromatic nitrogens is 1. The first-order chi connectivity index (χ1) is 14.6. The number of ketones is 1. The smallest absolute Gasteiger partial charge is 0.169 e. The molecule has 1 aliphatic carbocycles. The van der Waals surface area contributed by atoms with E-state index in [1.807, 2.05) is 12.1 Å². The number of ether oxygens (including phenoxy) is 1. The van der Waals surface area contributed by atoms with Crippen LogP contribution in [0.4, 0.5) is 0 Å². The molecule has 0 spiro atoms. The van der Waals surface area contributed by atoms with Crippen LogP contribution in [0.1, 0.15) is 57.2 Å². The molecule has 1 aromatic carbocycles. The highest BCUT2D eigenvalue weighted by Gasteiger charge is 2.48. The molecule has 2 aliphatic heterocycles. The number of carbonyl (C=O) groups is 1. The molecule has 3 heterocycles. The lowest BCUT2D eigenvalue weighted by Gasteiger charge is -2.42. The topological polar surface area (TPSA) is 42.4 Å². The van der Waals surface area contributed by atoms with Gasteiger partial charge in [0, 0.05) is 29.7 Å². The number of nitrogens with zero attached hydrogens (tertiary/aromatic N) is 2. The molecule has 4 heteroatoms. The van der Waals surface area contributed by atoms with Gasteiger partial charge in [-0.3, -0.25) is 4.79 Å². The minimum Gasteiger partial charge on any atom is -0.362 e. The standard InChI is InChI=1S/C26H28N2O2/c1-4-6-13-30-26(5-2)21-15-23-25-19(14-18-9-7-8-10-22(18)27-25)16-28(23)17(3)20(21)11-12-24(26)29/h7-10,14-15H,3-6,11-13,16H2,1-2H3. The van der Waals surface area contributed by atoms with Gasteiger partial charge in [-0.15, -0.1) is 0 Å². The zero-order valence-corrected chi connectivity index (χ0v) is 17.8. The van der Waals surface area contributed by atoms with Crippen LogP contribution in [0.5, 0.6) is 0 Å². The third-order valence-electron chi connectivity index (χ3n) is 6.78. The summed E-state index contributed by atoms with van der Waals surface area (Å²) in [6, 6.07) is 10.5. The van der Waals surface area contributed by atoms with E-state index in [9.17, 15) is 4.79 Å². The number of hydrogen-bond donors (Lipinski definition) is 0. The van der Waals surface area contributed by atoms with E-state index in [0.717, 1.165) is 59.4 Å². The lowest BCUT2D eigenvalue weighted by molar-refractivity contribution is -0.141. The molecule has 0 fully saturated rings. The third kappa shape index (κ3) is 2.70. The molecular formula is C26H28N2O2. The molecule has 0 saturated carbocycles. The van der Waals surface area contributed by atoms with E-state index in [1.54, 1.807) is 0 Å². The first-order valence-electron chi connectivity index (χ1n) is 11.1. The van der Waals surface area contributed by atoms with Crippen molar-refractivity contribution in [3.05, 3.63) is 71.1 Å². The van der Waals surface area contributed by atoms with Crippen LogP contribution < -0.4 is 0 Å². The van der Waals surface area contributed by atoms with Crippen LogP contribution in [0.2, 0.25) is 0 Å². The number of allylic oxidation sites excluding steroid dienone is 1. The van der Waals surface area contributed by atoms with Crippen molar-refractivity contribution < 1.29 is 9.53 Å². The number of para-hydroxylation sites is 1. The molecule has 1 atom stereocenters. The quantitative estimate of drug-likeness (QED) is 0.618. The summed E-state index contributed by atoms with van der Waals surface area (Å²) in [5.41, 5.74) is 6.57. The molecule has 2 aromatic rings. The average molecular weight is 401 g/mol. The lowest BCUT2D eigenvalue weighted by Crippen LogP contribution is -2.47. The summed E-state index contributed by atoms with van der Waals surface area (Å²) >= 11 is 0. The molecule has 0 bridgehead atoms. The van der Waals surface area contributed by atoms with Crippen molar-refractivity contribution in [1.82, 2.24) is 9.88 Å². The first kappa shape index (κ1) is 19.3. The molecular weight excluding hydrogens is 372 g/mol. The van der Waals surface area contributed by atoms with Crippen molar-refractivity contribution in [2.24, 2.45) is 0 Å². The van der Waals surface area contributed by atoms with Crippen molar-refractivity contribution >= 4 is 22.4 Å². The van der Waals surface area contributed by atoms with Crippen LogP contribution in [-0.4, -0.2) is 27.9 Å². The summed E-state index contributed by atoms with van der Waals surface area (Å²) in [5.74, 6) is 0.197. The monoisotopic (exact) mass is 400 g/mol. The number of unbranched alkanes of at least 4 members (excludes halogenated alkanes) is 1. The van der Waals surface area contributed by atoms with Crippen LogP contribution in [0.15, 0.2) is 59.8 Å². The Morgan fingerprint density at radius 3 is 2.87 bits per heavy atom. The van der Waals surface area contributed by atoms with Gasteiger partial charge in [0.25, 0.3) is 0 Å². The lowest BCUT2D eigenvalue weighted by atomic mass is 9.73. The van der Waals surface area contributed by atoms with Gasteiger partial charge < -0.3 is 9.64 Å². The third-order valence-corrected chi connectivity index (χ3v) is 6.78. The van der Waals surface area contributed by atoms with Crippen molar-refractivity contribution in [2.45, 2.75) is 58.1 Å². The van der Waals surface area contributed by atoms with E-state index >= 15 is 0 Å². The molecule has 5 rings (SSSR count). The number of fused-ring (bicyclic) bond motifs is 4. The van der Waals surface area contributed by atoms with Crippen LogP contribution in [0.3, 0.4) is 0 Å². The van der Waals surface area contributed by atoms with Crippen LogP contribution >= 0.6 is 0 Å². The molecule has 0 saturated heterocycles. The Labute approximate surface area is 177 Å². The second kappa shape index (κ2) is 7.21. The van der Waals surface area contributed by atoms with Gasteiger partial charge in [0.15, 0.2) is 11.4 Å². The van der Waals surface area contributed by atoms with Crippen LogP contribution in [0, 0.1) is 0 Å². The predicted molar refractivity (Wildman–Crippen MR) is 120 cm³/mol. The fourth-order valence-corrected chi connectivity index (χ4v) is 5.08. The minimum absolute atomic E-state index is 0.197. The zero-order valence-electron chi connectivity index (χ0n) is 17.8. The predicted octanol–water partition coefficient (Wildman–Crippen LogP) is 5.54. The fraction of sp³-hybridized carbons (Fsp3) is 0.385. The number of rotatable bonds is 5. The highest BCUT2D eigenvalue weighted by atomic mass is 16.5. The highest BCUT2D eigenvalue weighted by molar-refractivity contribution is 5.96. The van der Waals surface area contributed by atoms with Crippen molar-refractivity contribution in [2.75, 3.05) is 6.61 Å². The average Bonchev–Trinajstić information content (AvgIpc) is 3.12. The van der Waals surface area contributed by atoms with Gasteiger partial charge in [-0.25, -0.2) is 4.98 Å². The Bertz CT molecular complexity index is 1130. The van der Waals surface area contributed by atoms with Gasteiger partial charge in [0.1, 0.15) is 0 Å². The summed E-state index contributed by atoms with van der Waals surface area (Å²) < 4.78 is 6.36. The summed E-state index contributed by atoms with van der Waals surface area (Å²) in [6.07, 6.45) is 6.07. The first-order valence-corrected chi connectivity index (χ1v) is 11.1. The number of hydrogen-bond acceptors (Lipinski definition) is 4. The van der Waals surface area contributed by atoms with Gasteiger partial charge in [0.05, 0.1) is 23.5 Å². The van der Waals surface area contributed by atoms with Crippen molar-refractivity contribution in [3.8, 4) is 0 Å². The fourth-order valence-electron chi connectivity index (χ4n) is 5.08. The van der Waals surface area contributed by atoms with Crippen molar-refractivity contribution in [3.63, 3.8) is 0 Å². The van der Waals surface area contributed by atoms with Crippen LogP contribution in [-0.2, 0) is 16.1 Å². The molecule has 0 amide bonds. The Morgan fingerprint density at radius 1 is 1.23 bits per heavy atom. The maximum absolute atomic E-state index is 13.2. The van der Waals surface area contributed by atoms with E-state index in [1.165, 1.54) is 11.1 Å². The highest BCUT2D eigenvalue weighted by Crippen LogP contribution is 2.49. The van der Waals surface area contributed by atoms with Gasteiger partial charge in [-0.2, -0.15) is 0 Å². The minimum atomic E-state index is -0.857. The summed E-state index contributed by atoms with van der Waals surface area (Å²) in [4.78, 5) is 20.4. The second-order valence-corrected chi connectivity index (χ2v) is 8.45. The van der Waals surface area contributed by atoms with Gasteiger partial charge in [0.2, 0.25) is 0 Å². The van der Waals surface area contributed by atoms with Crippen molar-refractivity contribution in [1.29, 1.82) is 0 Å². The maximum Gasteiger partial charge on any atom is 0.169 e. The van der Waals surface area contributed by atoms with E-state index < -0.39 is 5.60 Å². The molecule has 30 heavy (non-hydrogen) atoms. The Balaban J connectivity index is 1.65. The van der Waals surface area contributed by atoms with E-state index in [0.29, 0.717) is 19.4 Å². The van der Waals surface area contributed by atoms with Gasteiger partial charge in [-0.1, -0.05) is 45.0 Å². The Morgan fingerprint density at radius 2 is 2.07 bits per heavy atom. The number of benzene rings is 1. The molecule has 0 radical (unpaired) electrons. The maximum atomic E-state index is 13.2. The Hall–Kier alpha value is -2.72. The van der Waals surface area contributed by atoms with E-state index in [4.69, 9.17) is 9.72 Å². The van der Waals surface area contributed by atoms with Crippen LogP contribution in [0.25, 0.3) is 16.6 Å². The number of pyridine rings is 1. The zero-order chi connectivity index (χ0) is 20.9. The SMILES string of the molecule is C=C1C2=C(C=C3c4nc5ccccc5cc4CN13)C(CC)(OCCCC)C(=O)CC2. The molecule has 3 aliphatic rings. The summed E-state index contributed by atoms with van der Waals surface area (Å²) in [7, 11) is 0. The molecule has 1 unspecified atom stereocenters. The van der Waals surface area contributed by atoms with E-state index in [-0.39, 0.29) is 5.78 Å². The largest absolute Gasteiger partial charge is 0.362 e. The number of carbonyl (C=O) groups excluding carboxylic acids is 1. The molecule has 4 nitrogen and oxygen atoms in total. The van der Waals surface area contributed by atoms with E-state index in [2.05, 4.69) is 49.6 Å². The van der Waals surface area contributed by atoms with Gasteiger partial charge in [-0.05, 0) is 48.6 Å². The summed E-state index contributed by atoms with van der Waals surface area (Å²) in [6.45, 7) is 10.0. The Kier molecular flexibility index (Phi) is 4.62. The molecule has 1 aromatic heterocycles. The molecule has 0 N–H and O–H groups in total. The number of Topliss-reactive ketones (excluding diaryl/α,β-unsaturated/α-hetero) is 1. The summed E-state index contributed by atoms with van der Waals surface area (Å²) in [5, 5.41) is 1.15. The normalized spacial score (nSPS) is 22.9. The second-order valence-electron chi connectivity index (χ2n) is 8.45. The van der Waals surface area contributed by atoms with Gasteiger partial charge >= 0.3 is 0 Å².